The maximum Gasteiger partial charge on any atom is 0.311 e. The van der Waals surface area contributed by atoms with E-state index in [1.54, 1.807) is 6.92 Å². The van der Waals surface area contributed by atoms with Crippen molar-refractivity contribution < 1.29 is 14.6 Å². The lowest BCUT2D eigenvalue weighted by molar-refractivity contribution is -0.154. The topological polar surface area (TPSA) is 46.5 Å². The van der Waals surface area contributed by atoms with Gasteiger partial charge in [0.05, 0.1) is 18.6 Å². The van der Waals surface area contributed by atoms with Gasteiger partial charge in [-0.3, -0.25) is 4.79 Å². The van der Waals surface area contributed by atoms with Crippen LogP contribution >= 0.6 is 0 Å². The first-order valence-electron chi connectivity index (χ1n) is 4.93. The third kappa shape index (κ3) is 5.64. The summed E-state index contributed by atoms with van der Waals surface area (Å²) in [6.07, 6.45) is 3.06. The molecule has 0 heterocycles. The lowest BCUT2D eigenvalue weighted by Gasteiger charge is -2.15. The summed E-state index contributed by atoms with van der Waals surface area (Å²) in [5.41, 5.74) is 0. The minimum absolute atomic E-state index is 0.0264. The molecule has 0 aromatic heterocycles. The monoisotopic (exact) mass is 188 g/mol. The summed E-state index contributed by atoms with van der Waals surface area (Å²) in [7, 11) is 0. The molecule has 0 aliphatic carbocycles. The number of carbonyl (C=O) groups excluding carboxylic acids is 1. The van der Waals surface area contributed by atoms with Crippen molar-refractivity contribution in [2.45, 2.75) is 46.1 Å². The number of carbonyl (C=O) groups is 1. The summed E-state index contributed by atoms with van der Waals surface area (Å²) in [5.74, 6) is -0.699. The lowest BCUT2D eigenvalue weighted by atomic mass is 10.1. The Bertz CT molecular complexity index is 145. The molecule has 78 valence electrons. The minimum Gasteiger partial charge on any atom is -0.462 e. The summed E-state index contributed by atoms with van der Waals surface area (Å²) in [6, 6.07) is 0. The van der Waals surface area contributed by atoms with Gasteiger partial charge in [0.25, 0.3) is 0 Å². The van der Waals surface area contributed by atoms with Crippen LogP contribution in [0.5, 0.6) is 0 Å². The van der Waals surface area contributed by atoms with E-state index in [1.165, 1.54) is 0 Å². The van der Waals surface area contributed by atoms with E-state index in [4.69, 9.17) is 9.84 Å². The Morgan fingerprint density at radius 2 is 2.08 bits per heavy atom. The molecule has 0 aromatic carbocycles. The van der Waals surface area contributed by atoms with Crippen molar-refractivity contribution >= 4 is 5.97 Å². The van der Waals surface area contributed by atoms with Gasteiger partial charge in [0, 0.05) is 0 Å². The van der Waals surface area contributed by atoms with E-state index < -0.39 is 5.92 Å². The summed E-state index contributed by atoms with van der Waals surface area (Å²) < 4.78 is 5.11. The Kier molecular flexibility index (Phi) is 6.59. The average Bonchev–Trinajstić information content (AvgIpc) is 2.13. The highest BCUT2D eigenvalue weighted by molar-refractivity contribution is 5.72. The number of ether oxygens (including phenoxy) is 1. The van der Waals surface area contributed by atoms with E-state index in [1.807, 2.05) is 6.92 Å². The number of hydrogen-bond acceptors (Lipinski definition) is 3. The van der Waals surface area contributed by atoms with Crippen molar-refractivity contribution in [2.24, 2.45) is 5.92 Å². The molecular weight excluding hydrogens is 168 g/mol. The molecule has 13 heavy (non-hydrogen) atoms. The number of rotatable bonds is 6. The van der Waals surface area contributed by atoms with Crippen LogP contribution in [0.1, 0.15) is 40.0 Å². The highest BCUT2D eigenvalue weighted by Gasteiger charge is 2.15. The molecule has 3 heteroatoms. The van der Waals surface area contributed by atoms with E-state index in [2.05, 4.69) is 6.92 Å². The van der Waals surface area contributed by atoms with Crippen LogP contribution in [0.25, 0.3) is 0 Å². The molecule has 1 N–H and O–H groups in total. The van der Waals surface area contributed by atoms with Gasteiger partial charge in [-0.2, -0.15) is 0 Å². The zero-order valence-corrected chi connectivity index (χ0v) is 8.75. The van der Waals surface area contributed by atoms with E-state index in [0.717, 1.165) is 19.3 Å². The number of hydrogen-bond donors (Lipinski definition) is 1. The van der Waals surface area contributed by atoms with Crippen LogP contribution in [0.2, 0.25) is 0 Å². The van der Waals surface area contributed by atoms with Crippen molar-refractivity contribution in [3.05, 3.63) is 0 Å². The molecule has 2 unspecified atom stereocenters. The SMILES string of the molecule is CCCCC(C)OC(=O)C(C)CO. The quantitative estimate of drug-likeness (QED) is 0.646. The Balaban J connectivity index is 3.64. The molecule has 0 aliphatic rings. The second-order valence-corrected chi connectivity index (χ2v) is 3.47. The van der Waals surface area contributed by atoms with Gasteiger partial charge in [-0.05, 0) is 20.3 Å². The first-order chi connectivity index (χ1) is 6.11. The van der Waals surface area contributed by atoms with Crippen molar-refractivity contribution in [3.63, 3.8) is 0 Å². The van der Waals surface area contributed by atoms with Crippen molar-refractivity contribution in [2.75, 3.05) is 6.61 Å². The van der Waals surface area contributed by atoms with Crippen LogP contribution in [0, 0.1) is 5.92 Å². The van der Waals surface area contributed by atoms with Gasteiger partial charge in [0.15, 0.2) is 0 Å². The van der Waals surface area contributed by atoms with Gasteiger partial charge in [-0.25, -0.2) is 0 Å². The van der Waals surface area contributed by atoms with Gasteiger partial charge < -0.3 is 9.84 Å². The molecule has 0 fully saturated rings. The molecule has 0 amide bonds. The highest BCUT2D eigenvalue weighted by Crippen LogP contribution is 2.07. The number of aliphatic hydroxyl groups excluding tert-OH is 1. The Hall–Kier alpha value is -0.570. The standard InChI is InChI=1S/C10H20O3/c1-4-5-6-9(3)13-10(12)8(2)7-11/h8-9,11H,4-7H2,1-3H3. The molecule has 0 saturated carbocycles. The van der Waals surface area contributed by atoms with Gasteiger partial charge in [-0.1, -0.05) is 19.8 Å². The van der Waals surface area contributed by atoms with Crippen LogP contribution in [-0.4, -0.2) is 23.8 Å². The fourth-order valence-corrected chi connectivity index (χ4v) is 0.939. The molecule has 0 aromatic rings. The van der Waals surface area contributed by atoms with Gasteiger partial charge in [0.1, 0.15) is 0 Å². The molecule has 0 saturated heterocycles. The fraction of sp³-hybridized carbons (Fsp3) is 0.900. The van der Waals surface area contributed by atoms with E-state index >= 15 is 0 Å². The van der Waals surface area contributed by atoms with Crippen molar-refractivity contribution in [1.82, 2.24) is 0 Å². The molecule has 0 spiro atoms. The number of unbranched alkanes of at least 4 members (excludes halogenated alkanes) is 1. The molecule has 0 aliphatic heterocycles. The summed E-state index contributed by atoms with van der Waals surface area (Å²) in [4.78, 5) is 11.2. The molecule has 0 bridgehead atoms. The van der Waals surface area contributed by atoms with Gasteiger partial charge in [0.2, 0.25) is 0 Å². The zero-order chi connectivity index (χ0) is 10.3. The largest absolute Gasteiger partial charge is 0.462 e. The molecule has 0 radical (unpaired) electrons. The van der Waals surface area contributed by atoms with Gasteiger partial charge >= 0.3 is 5.97 Å². The van der Waals surface area contributed by atoms with E-state index in [-0.39, 0.29) is 18.7 Å². The maximum absolute atomic E-state index is 11.2. The highest BCUT2D eigenvalue weighted by atomic mass is 16.5. The number of esters is 1. The van der Waals surface area contributed by atoms with Crippen molar-refractivity contribution in [1.29, 1.82) is 0 Å². The maximum atomic E-state index is 11.2. The first-order valence-corrected chi connectivity index (χ1v) is 4.93. The molecule has 3 nitrogen and oxygen atoms in total. The van der Waals surface area contributed by atoms with Crippen LogP contribution in [0.4, 0.5) is 0 Å². The second-order valence-electron chi connectivity index (χ2n) is 3.47. The predicted molar refractivity (Wildman–Crippen MR) is 51.3 cm³/mol. The van der Waals surface area contributed by atoms with E-state index in [9.17, 15) is 4.79 Å². The molecular formula is C10H20O3. The molecule has 0 rings (SSSR count). The van der Waals surface area contributed by atoms with Crippen molar-refractivity contribution in [3.8, 4) is 0 Å². The average molecular weight is 188 g/mol. The smallest absolute Gasteiger partial charge is 0.311 e. The third-order valence-electron chi connectivity index (χ3n) is 1.96. The predicted octanol–water partition coefficient (Wildman–Crippen LogP) is 1.74. The first kappa shape index (κ1) is 12.4. The Labute approximate surface area is 80.1 Å². The third-order valence-corrected chi connectivity index (χ3v) is 1.96. The van der Waals surface area contributed by atoms with Crippen LogP contribution in [0.15, 0.2) is 0 Å². The van der Waals surface area contributed by atoms with Crippen LogP contribution < -0.4 is 0 Å². The Morgan fingerprint density at radius 1 is 1.46 bits per heavy atom. The fourth-order valence-electron chi connectivity index (χ4n) is 0.939. The van der Waals surface area contributed by atoms with E-state index in [0.29, 0.717) is 0 Å². The second kappa shape index (κ2) is 6.89. The Morgan fingerprint density at radius 3 is 2.54 bits per heavy atom. The normalized spacial score (nSPS) is 15.1. The van der Waals surface area contributed by atoms with Crippen LogP contribution in [-0.2, 0) is 9.53 Å². The molecule has 2 atom stereocenters. The summed E-state index contributed by atoms with van der Waals surface area (Å²) in [6.45, 7) is 5.51. The van der Waals surface area contributed by atoms with Crippen LogP contribution in [0.3, 0.4) is 0 Å². The zero-order valence-electron chi connectivity index (χ0n) is 8.75. The number of aliphatic hydroxyl groups is 1. The summed E-state index contributed by atoms with van der Waals surface area (Å²) >= 11 is 0. The minimum atomic E-state index is -0.399. The summed E-state index contributed by atoms with van der Waals surface area (Å²) in [5, 5.41) is 8.69. The lowest BCUT2D eigenvalue weighted by Crippen LogP contribution is -2.22. The van der Waals surface area contributed by atoms with Gasteiger partial charge in [-0.15, -0.1) is 0 Å².